The summed E-state index contributed by atoms with van der Waals surface area (Å²) < 4.78 is 0. The van der Waals surface area contributed by atoms with Crippen LogP contribution in [0.15, 0.2) is 42.5 Å². The zero-order chi connectivity index (χ0) is 15.5. The topological polar surface area (TPSA) is 40.5 Å². The number of likely N-dealkylation sites (tertiary alicyclic amines) is 1. The number of carboxylic acids is 1. The molecule has 1 heterocycles. The van der Waals surface area contributed by atoms with Crippen LogP contribution in [0.5, 0.6) is 0 Å². The Morgan fingerprint density at radius 2 is 2.00 bits per heavy atom. The minimum Gasteiger partial charge on any atom is -0.480 e. The predicted octanol–water partition coefficient (Wildman–Crippen LogP) is 4.23. The number of carboxylic acid groups (broad SMARTS) is 1. The van der Waals surface area contributed by atoms with Crippen LogP contribution in [0.2, 0.25) is 0 Å². The third-order valence-corrected chi connectivity index (χ3v) is 4.83. The van der Waals surface area contributed by atoms with Gasteiger partial charge in [0.2, 0.25) is 0 Å². The minimum absolute atomic E-state index is 0.369. The van der Waals surface area contributed by atoms with Crippen LogP contribution in [0.3, 0.4) is 0 Å². The third kappa shape index (κ3) is 2.73. The van der Waals surface area contributed by atoms with E-state index >= 15 is 0 Å². The summed E-state index contributed by atoms with van der Waals surface area (Å²) in [6.45, 7) is 3.03. The van der Waals surface area contributed by atoms with Gasteiger partial charge < -0.3 is 5.11 Å². The van der Waals surface area contributed by atoms with E-state index in [1.165, 1.54) is 6.42 Å². The molecule has 0 saturated carbocycles. The summed E-state index contributed by atoms with van der Waals surface area (Å²) in [6, 6.07) is 13.9. The molecule has 0 aliphatic carbocycles. The molecule has 0 radical (unpaired) electrons. The molecule has 2 unspecified atom stereocenters. The summed E-state index contributed by atoms with van der Waals surface area (Å²) in [5.41, 5.74) is 0.922. The van der Waals surface area contributed by atoms with Crippen LogP contribution in [0.4, 0.5) is 0 Å². The SMILES string of the molecule is CCC1CCCCN1C(C(=O)O)c1cccc2ccccc12. The summed E-state index contributed by atoms with van der Waals surface area (Å²) in [4.78, 5) is 14.3. The second-order valence-corrected chi connectivity index (χ2v) is 6.10. The van der Waals surface area contributed by atoms with E-state index in [0.29, 0.717) is 6.04 Å². The van der Waals surface area contributed by atoms with Crippen molar-refractivity contribution in [2.75, 3.05) is 6.54 Å². The highest BCUT2D eigenvalue weighted by molar-refractivity contribution is 5.90. The molecule has 1 aliphatic rings. The van der Waals surface area contributed by atoms with Crippen molar-refractivity contribution in [3.63, 3.8) is 0 Å². The van der Waals surface area contributed by atoms with Gasteiger partial charge in [0.25, 0.3) is 0 Å². The fraction of sp³-hybridized carbons (Fsp3) is 0.421. The van der Waals surface area contributed by atoms with Crippen molar-refractivity contribution in [2.24, 2.45) is 0 Å². The van der Waals surface area contributed by atoms with Crippen molar-refractivity contribution in [2.45, 2.75) is 44.7 Å². The van der Waals surface area contributed by atoms with E-state index in [9.17, 15) is 9.90 Å². The molecule has 0 bridgehead atoms. The van der Waals surface area contributed by atoms with Gasteiger partial charge in [-0.15, -0.1) is 0 Å². The number of rotatable bonds is 4. The maximum atomic E-state index is 12.1. The highest BCUT2D eigenvalue weighted by Gasteiger charge is 2.34. The molecule has 3 nitrogen and oxygen atoms in total. The van der Waals surface area contributed by atoms with Crippen molar-refractivity contribution in [1.29, 1.82) is 0 Å². The molecule has 0 aromatic heterocycles. The number of fused-ring (bicyclic) bond motifs is 1. The molecular formula is C19H23NO2. The first-order valence-electron chi connectivity index (χ1n) is 8.18. The van der Waals surface area contributed by atoms with Gasteiger partial charge in [-0.3, -0.25) is 9.69 Å². The normalized spacial score (nSPS) is 20.9. The van der Waals surface area contributed by atoms with E-state index in [1.54, 1.807) is 0 Å². The zero-order valence-corrected chi connectivity index (χ0v) is 13.0. The van der Waals surface area contributed by atoms with Gasteiger partial charge in [0.15, 0.2) is 0 Å². The van der Waals surface area contributed by atoms with Crippen LogP contribution >= 0.6 is 0 Å². The first-order valence-corrected chi connectivity index (χ1v) is 8.18. The van der Waals surface area contributed by atoms with Gasteiger partial charge in [-0.05, 0) is 42.1 Å². The lowest BCUT2D eigenvalue weighted by atomic mass is 9.92. The highest BCUT2D eigenvalue weighted by Crippen LogP contribution is 2.33. The molecule has 0 spiro atoms. The lowest BCUT2D eigenvalue weighted by molar-refractivity contribution is -0.145. The first kappa shape index (κ1) is 15.0. The molecule has 1 aliphatic heterocycles. The quantitative estimate of drug-likeness (QED) is 0.918. The van der Waals surface area contributed by atoms with E-state index in [-0.39, 0.29) is 0 Å². The Morgan fingerprint density at radius 1 is 1.23 bits per heavy atom. The Labute approximate surface area is 131 Å². The zero-order valence-electron chi connectivity index (χ0n) is 13.0. The Kier molecular flexibility index (Phi) is 4.44. The van der Waals surface area contributed by atoms with E-state index < -0.39 is 12.0 Å². The fourth-order valence-corrected chi connectivity index (χ4v) is 3.74. The molecule has 1 N–H and O–H groups in total. The number of carbonyl (C=O) groups is 1. The largest absolute Gasteiger partial charge is 0.480 e. The molecule has 0 amide bonds. The average molecular weight is 297 g/mol. The standard InChI is InChI=1S/C19H23NO2/c1-2-15-10-5-6-13-20(15)18(19(21)22)17-12-7-9-14-8-3-4-11-16(14)17/h3-4,7-9,11-12,15,18H,2,5-6,10,13H2,1H3,(H,21,22). The Bertz CT molecular complexity index is 662. The van der Waals surface area contributed by atoms with Gasteiger partial charge in [0.05, 0.1) is 0 Å². The van der Waals surface area contributed by atoms with Crippen LogP contribution in [0, 0.1) is 0 Å². The summed E-state index contributed by atoms with van der Waals surface area (Å²) in [5, 5.41) is 12.1. The van der Waals surface area contributed by atoms with Crippen LogP contribution in [0.25, 0.3) is 10.8 Å². The Balaban J connectivity index is 2.08. The fourth-order valence-electron chi connectivity index (χ4n) is 3.74. The molecule has 2 aromatic rings. The first-order chi connectivity index (χ1) is 10.7. The molecule has 3 heteroatoms. The molecule has 3 rings (SSSR count). The predicted molar refractivity (Wildman–Crippen MR) is 89.0 cm³/mol. The number of nitrogens with zero attached hydrogens (tertiary/aromatic N) is 1. The maximum absolute atomic E-state index is 12.1. The van der Waals surface area contributed by atoms with Crippen molar-refractivity contribution >= 4 is 16.7 Å². The molecule has 2 atom stereocenters. The monoisotopic (exact) mass is 297 g/mol. The van der Waals surface area contributed by atoms with E-state index in [1.807, 2.05) is 42.5 Å². The van der Waals surface area contributed by atoms with Gasteiger partial charge in [-0.2, -0.15) is 0 Å². The number of piperidine rings is 1. The highest BCUT2D eigenvalue weighted by atomic mass is 16.4. The van der Waals surface area contributed by atoms with Crippen molar-refractivity contribution < 1.29 is 9.90 Å². The number of hydrogen-bond donors (Lipinski definition) is 1. The molecule has 116 valence electrons. The van der Waals surface area contributed by atoms with E-state index in [4.69, 9.17) is 0 Å². The second-order valence-electron chi connectivity index (χ2n) is 6.10. The minimum atomic E-state index is -0.739. The van der Waals surface area contributed by atoms with Gasteiger partial charge in [-0.1, -0.05) is 55.8 Å². The smallest absolute Gasteiger partial charge is 0.325 e. The van der Waals surface area contributed by atoms with Gasteiger partial charge in [0, 0.05) is 6.04 Å². The van der Waals surface area contributed by atoms with Crippen LogP contribution in [-0.2, 0) is 4.79 Å². The van der Waals surface area contributed by atoms with Crippen molar-refractivity contribution in [1.82, 2.24) is 4.90 Å². The van der Waals surface area contributed by atoms with Crippen LogP contribution in [-0.4, -0.2) is 28.6 Å². The van der Waals surface area contributed by atoms with Crippen molar-refractivity contribution in [3.8, 4) is 0 Å². The van der Waals surface area contributed by atoms with Gasteiger partial charge in [0.1, 0.15) is 6.04 Å². The number of aliphatic carboxylic acids is 1. The lowest BCUT2D eigenvalue weighted by Gasteiger charge is -2.39. The Morgan fingerprint density at radius 3 is 2.77 bits per heavy atom. The molecule has 1 saturated heterocycles. The number of benzene rings is 2. The van der Waals surface area contributed by atoms with Crippen molar-refractivity contribution in [3.05, 3.63) is 48.0 Å². The lowest BCUT2D eigenvalue weighted by Crippen LogP contribution is -2.44. The van der Waals surface area contributed by atoms with Gasteiger partial charge in [-0.25, -0.2) is 0 Å². The molecular weight excluding hydrogens is 274 g/mol. The maximum Gasteiger partial charge on any atom is 0.325 e. The summed E-state index contributed by atoms with van der Waals surface area (Å²) in [7, 11) is 0. The molecule has 22 heavy (non-hydrogen) atoms. The summed E-state index contributed by atoms with van der Waals surface area (Å²) >= 11 is 0. The van der Waals surface area contributed by atoms with E-state index in [0.717, 1.165) is 42.1 Å². The third-order valence-electron chi connectivity index (χ3n) is 4.83. The van der Waals surface area contributed by atoms with E-state index in [2.05, 4.69) is 11.8 Å². The second kappa shape index (κ2) is 6.49. The van der Waals surface area contributed by atoms with Gasteiger partial charge >= 0.3 is 5.97 Å². The van der Waals surface area contributed by atoms with Crippen LogP contribution < -0.4 is 0 Å². The Hall–Kier alpha value is -1.87. The van der Waals surface area contributed by atoms with Crippen LogP contribution in [0.1, 0.15) is 44.2 Å². The molecule has 1 fully saturated rings. The number of hydrogen-bond acceptors (Lipinski definition) is 2. The summed E-state index contributed by atoms with van der Waals surface area (Å²) in [6.07, 6.45) is 4.40. The summed E-state index contributed by atoms with van der Waals surface area (Å²) in [5.74, 6) is -0.739. The molecule has 2 aromatic carbocycles. The average Bonchev–Trinajstić information content (AvgIpc) is 2.55.